The predicted molar refractivity (Wildman–Crippen MR) is 148 cm³/mol. The van der Waals surface area contributed by atoms with Gasteiger partial charge in [-0.05, 0) is 86.0 Å². The van der Waals surface area contributed by atoms with Crippen LogP contribution in [0.15, 0.2) is 46.1 Å². The van der Waals surface area contributed by atoms with E-state index in [9.17, 15) is 8.42 Å². The van der Waals surface area contributed by atoms with Crippen LogP contribution in [0.1, 0.15) is 55.3 Å². The molecule has 1 N–H and O–H groups in total. The SMILES string of the molecule is CCc1c(C2=C/CCC3N=CN=C3/C(OC)=C\2)[nH]c2ccc(C3CCN(CCS(C)(=O)=O)CC3)cc12. The number of likely N-dealkylation sites (tertiary alicyclic amines) is 1. The van der Waals surface area contributed by atoms with E-state index in [1.807, 2.05) is 0 Å². The molecule has 2 aliphatic heterocycles. The van der Waals surface area contributed by atoms with E-state index in [-0.39, 0.29) is 11.8 Å². The Kier molecular flexibility index (Phi) is 7.17. The molecule has 0 spiro atoms. The van der Waals surface area contributed by atoms with Crippen molar-refractivity contribution in [1.82, 2.24) is 9.88 Å². The Balaban J connectivity index is 1.40. The maximum Gasteiger partial charge on any atom is 0.148 e. The first-order chi connectivity index (χ1) is 17.4. The number of methoxy groups -OCH3 is 1. The van der Waals surface area contributed by atoms with Crippen LogP contribution < -0.4 is 0 Å². The maximum atomic E-state index is 11.5. The molecule has 1 atom stereocenters. The first-order valence-corrected chi connectivity index (χ1v) is 15.0. The number of aromatic amines is 1. The molecule has 8 heteroatoms. The fourth-order valence-corrected chi connectivity index (χ4v) is 6.29. The number of hydrogen-bond acceptors (Lipinski definition) is 6. The molecule has 1 aromatic heterocycles. The van der Waals surface area contributed by atoms with Crippen molar-refractivity contribution >= 4 is 38.4 Å². The lowest BCUT2D eigenvalue weighted by Crippen LogP contribution is -2.36. The number of nitrogens with zero attached hydrogens (tertiary/aromatic N) is 3. The van der Waals surface area contributed by atoms with Crippen molar-refractivity contribution in [2.24, 2.45) is 9.98 Å². The average Bonchev–Trinajstić information content (AvgIpc) is 3.46. The summed E-state index contributed by atoms with van der Waals surface area (Å²) < 4.78 is 28.8. The van der Waals surface area contributed by atoms with Crippen molar-refractivity contribution in [3.05, 3.63) is 52.9 Å². The zero-order chi connectivity index (χ0) is 25.3. The monoisotopic (exact) mass is 508 g/mol. The van der Waals surface area contributed by atoms with Crippen molar-refractivity contribution in [2.45, 2.75) is 51.0 Å². The van der Waals surface area contributed by atoms with E-state index in [2.05, 4.69) is 57.1 Å². The Morgan fingerprint density at radius 1 is 1.19 bits per heavy atom. The van der Waals surface area contributed by atoms with Crippen LogP contribution >= 0.6 is 0 Å². The second kappa shape index (κ2) is 10.3. The van der Waals surface area contributed by atoms with Gasteiger partial charge in [-0.1, -0.05) is 19.1 Å². The smallest absolute Gasteiger partial charge is 0.148 e. The molecule has 192 valence electrons. The Morgan fingerprint density at radius 3 is 2.72 bits per heavy atom. The first kappa shape index (κ1) is 25.0. The third kappa shape index (κ3) is 5.20. The van der Waals surface area contributed by atoms with Gasteiger partial charge in [-0.15, -0.1) is 0 Å². The summed E-state index contributed by atoms with van der Waals surface area (Å²) in [5, 5.41) is 1.29. The van der Waals surface area contributed by atoms with Crippen molar-refractivity contribution in [3.8, 4) is 0 Å². The molecule has 3 aliphatic rings. The van der Waals surface area contributed by atoms with Gasteiger partial charge in [-0.25, -0.2) is 13.4 Å². The number of sulfone groups is 1. The minimum absolute atomic E-state index is 0.0858. The Labute approximate surface area is 214 Å². The molecule has 0 radical (unpaired) electrons. The van der Waals surface area contributed by atoms with E-state index in [0.717, 1.165) is 73.4 Å². The van der Waals surface area contributed by atoms with Crippen LogP contribution in [0, 0.1) is 0 Å². The number of aliphatic imine (C=N–C) groups is 2. The topological polar surface area (TPSA) is 87.1 Å². The van der Waals surface area contributed by atoms with Gasteiger partial charge in [0.1, 0.15) is 27.6 Å². The zero-order valence-electron chi connectivity index (χ0n) is 21.5. The normalized spacial score (nSPS) is 24.4. The van der Waals surface area contributed by atoms with Crippen LogP contribution in [0.5, 0.6) is 0 Å². The van der Waals surface area contributed by atoms with E-state index in [0.29, 0.717) is 12.5 Å². The quantitative estimate of drug-likeness (QED) is 0.596. The summed E-state index contributed by atoms with van der Waals surface area (Å²) in [5.74, 6) is 1.53. The van der Waals surface area contributed by atoms with E-state index in [1.54, 1.807) is 13.4 Å². The third-order valence-electron chi connectivity index (χ3n) is 7.73. The number of ether oxygens (including phenoxy) is 1. The van der Waals surface area contributed by atoms with Gasteiger partial charge in [-0.2, -0.15) is 0 Å². The molecule has 0 saturated carbocycles. The van der Waals surface area contributed by atoms with Gasteiger partial charge >= 0.3 is 0 Å². The van der Waals surface area contributed by atoms with Crippen LogP contribution in [0.3, 0.4) is 0 Å². The highest BCUT2D eigenvalue weighted by molar-refractivity contribution is 7.90. The third-order valence-corrected chi connectivity index (χ3v) is 8.66. The van der Waals surface area contributed by atoms with Gasteiger partial charge in [-0.3, -0.25) is 4.99 Å². The number of aryl methyl sites for hydroxylation is 1. The lowest BCUT2D eigenvalue weighted by molar-refractivity contribution is 0.223. The molecule has 5 rings (SSSR count). The highest BCUT2D eigenvalue weighted by Crippen LogP contribution is 2.35. The van der Waals surface area contributed by atoms with Crippen LogP contribution in [-0.4, -0.2) is 75.1 Å². The fraction of sp³-hybridized carbons (Fsp3) is 0.500. The van der Waals surface area contributed by atoms with Gasteiger partial charge in [0.25, 0.3) is 0 Å². The minimum atomic E-state index is -2.92. The van der Waals surface area contributed by atoms with E-state index in [4.69, 9.17) is 4.74 Å². The summed E-state index contributed by atoms with van der Waals surface area (Å²) in [7, 11) is -1.21. The molecule has 1 aromatic carbocycles. The molecule has 36 heavy (non-hydrogen) atoms. The van der Waals surface area contributed by atoms with Gasteiger partial charge in [0.15, 0.2) is 0 Å². The van der Waals surface area contributed by atoms with Gasteiger partial charge in [0.2, 0.25) is 0 Å². The number of rotatable bonds is 7. The molecule has 1 saturated heterocycles. The highest BCUT2D eigenvalue weighted by atomic mass is 32.2. The Morgan fingerprint density at radius 2 is 2.00 bits per heavy atom. The van der Waals surface area contributed by atoms with E-state index in [1.165, 1.54) is 22.8 Å². The van der Waals surface area contributed by atoms with E-state index < -0.39 is 9.84 Å². The van der Waals surface area contributed by atoms with Gasteiger partial charge in [0, 0.05) is 29.4 Å². The molecule has 3 heterocycles. The molecule has 1 fully saturated rings. The number of aromatic nitrogens is 1. The number of hydrogen-bond donors (Lipinski definition) is 1. The Hall–Kier alpha value is -2.71. The molecule has 2 aromatic rings. The second-order valence-electron chi connectivity index (χ2n) is 10.1. The average molecular weight is 509 g/mol. The molecule has 1 aliphatic carbocycles. The molecular formula is C28H36N4O3S. The summed E-state index contributed by atoms with van der Waals surface area (Å²) in [6.45, 7) is 4.75. The Bertz CT molecular complexity index is 1360. The van der Waals surface area contributed by atoms with Crippen molar-refractivity contribution in [1.29, 1.82) is 0 Å². The van der Waals surface area contributed by atoms with Crippen LogP contribution in [0.25, 0.3) is 16.5 Å². The largest absolute Gasteiger partial charge is 0.495 e. The lowest BCUT2D eigenvalue weighted by atomic mass is 9.88. The number of piperidine rings is 1. The number of benzene rings is 1. The molecular weight excluding hydrogens is 472 g/mol. The molecule has 0 amide bonds. The minimum Gasteiger partial charge on any atom is -0.495 e. The zero-order valence-corrected chi connectivity index (χ0v) is 22.3. The van der Waals surface area contributed by atoms with E-state index >= 15 is 0 Å². The van der Waals surface area contributed by atoms with Gasteiger partial charge < -0.3 is 14.6 Å². The summed E-state index contributed by atoms with van der Waals surface area (Å²) in [6.07, 6.45) is 12.3. The molecule has 7 nitrogen and oxygen atoms in total. The van der Waals surface area contributed by atoms with Crippen LogP contribution in [-0.2, 0) is 21.0 Å². The highest BCUT2D eigenvalue weighted by Gasteiger charge is 2.26. The summed E-state index contributed by atoms with van der Waals surface area (Å²) in [6, 6.07) is 6.94. The summed E-state index contributed by atoms with van der Waals surface area (Å²) >= 11 is 0. The van der Waals surface area contributed by atoms with Crippen LogP contribution in [0.4, 0.5) is 0 Å². The first-order valence-electron chi connectivity index (χ1n) is 13.0. The number of allylic oxidation sites excluding steroid dienone is 3. The standard InChI is InChI=1S/C28H36N4O3S/c1-4-22-23-16-20(19-10-12-32(13-11-19)14-15-36(3,33)34)8-9-24(23)31-27(22)21-6-5-7-25-28(30-18-29-25)26(17-21)35-2/h6,8-9,16-19,25,31H,4-5,7,10-15H2,1-3H3/b21-6+,26-17+. The number of H-pyrrole nitrogens is 1. The number of nitrogens with one attached hydrogen (secondary N) is 1. The summed E-state index contributed by atoms with van der Waals surface area (Å²) in [4.78, 5) is 15.0. The summed E-state index contributed by atoms with van der Waals surface area (Å²) in [5.41, 5.74) is 7.09. The fourth-order valence-electron chi connectivity index (χ4n) is 5.70. The predicted octanol–water partition coefficient (Wildman–Crippen LogP) is 4.51. The van der Waals surface area contributed by atoms with Crippen molar-refractivity contribution in [3.63, 3.8) is 0 Å². The maximum absolute atomic E-state index is 11.5. The molecule has 0 bridgehead atoms. The lowest BCUT2D eigenvalue weighted by Gasteiger charge is -2.32. The van der Waals surface area contributed by atoms with Crippen LogP contribution in [0.2, 0.25) is 0 Å². The van der Waals surface area contributed by atoms with Crippen molar-refractivity contribution < 1.29 is 13.2 Å². The van der Waals surface area contributed by atoms with Gasteiger partial charge in [0.05, 0.1) is 18.9 Å². The second-order valence-corrected chi connectivity index (χ2v) is 12.4. The molecule has 1 unspecified atom stereocenters. The van der Waals surface area contributed by atoms with Crippen molar-refractivity contribution in [2.75, 3.05) is 38.8 Å². The number of fused-ring (bicyclic) bond motifs is 2.